The summed E-state index contributed by atoms with van der Waals surface area (Å²) in [6, 6.07) is 6.94. The van der Waals surface area contributed by atoms with Crippen LogP contribution in [0.4, 0.5) is 10.5 Å². The molecule has 1 aliphatic rings. The summed E-state index contributed by atoms with van der Waals surface area (Å²) in [4.78, 5) is 27.3. The van der Waals surface area contributed by atoms with E-state index in [0.717, 1.165) is 25.9 Å². The highest BCUT2D eigenvalue weighted by Gasteiger charge is 2.23. The summed E-state index contributed by atoms with van der Waals surface area (Å²) in [6.45, 7) is 3.35. The molecule has 1 aromatic carbocycles. The molecule has 1 saturated heterocycles. The monoisotopic (exact) mass is 305 g/mol. The third-order valence-corrected chi connectivity index (χ3v) is 3.90. The summed E-state index contributed by atoms with van der Waals surface area (Å²) in [7, 11) is 3.91. The number of anilines is 1. The number of carbonyl (C=O) groups is 2. The fourth-order valence-corrected chi connectivity index (χ4v) is 2.56. The number of urea groups is 1. The van der Waals surface area contributed by atoms with Gasteiger partial charge >= 0.3 is 12.0 Å². The van der Waals surface area contributed by atoms with Gasteiger partial charge in [0.2, 0.25) is 0 Å². The van der Waals surface area contributed by atoms with E-state index in [1.807, 2.05) is 7.05 Å². The van der Waals surface area contributed by atoms with Crippen LogP contribution in [0.1, 0.15) is 19.8 Å². The van der Waals surface area contributed by atoms with E-state index < -0.39 is 0 Å². The SMILES string of the molecule is CC(=O)Oc1cccc(NC(=O)N(C)C2CCN(C)CC2)c1. The lowest BCUT2D eigenvalue weighted by molar-refractivity contribution is -0.131. The van der Waals surface area contributed by atoms with Gasteiger partial charge in [0.1, 0.15) is 5.75 Å². The van der Waals surface area contributed by atoms with E-state index in [4.69, 9.17) is 4.74 Å². The van der Waals surface area contributed by atoms with E-state index >= 15 is 0 Å². The van der Waals surface area contributed by atoms with Crippen LogP contribution in [0.5, 0.6) is 5.75 Å². The molecule has 1 fully saturated rings. The molecule has 1 N–H and O–H groups in total. The first-order valence-corrected chi connectivity index (χ1v) is 7.46. The van der Waals surface area contributed by atoms with Gasteiger partial charge in [-0.3, -0.25) is 4.79 Å². The van der Waals surface area contributed by atoms with Gasteiger partial charge in [-0.05, 0) is 45.1 Å². The molecular weight excluding hydrogens is 282 g/mol. The number of amides is 2. The smallest absolute Gasteiger partial charge is 0.321 e. The Bertz CT molecular complexity index is 539. The lowest BCUT2D eigenvalue weighted by Gasteiger charge is -2.35. The summed E-state index contributed by atoms with van der Waals surface area (Å²) >= 11 is 0. The minimum absolute atomic E-state index is 0.144. The maximum atomic E-state index is 12.3. The van der Waals surface area contributed by atoms with E-state index in [-0.39, 0.29) is 18.0 Å². The van der Waals surface area contributed by atoms with Crippen molar-refractivity contribution in [3.63, 3.8) is 0 Å². The molecule has 0 spiro atoms. The van der Waals surface area contributed by atoms with Crippen LogP contribution in [0.25, 0.3) is 0 Å². The van der Waals surface area contributed by atoms with Crippen molar-refractivity contribution in [3.8, 4) is 5.75 Å². The third kappa shape index (κ3) is 4.46. The van der Waals surface area contributed by atoms with Gasteiger partial charge in [0, 0.05) is 31.8 Å². The fourth-order valence-electron chi connectivity index (χ4n) is 2.56. The van der Waals surface area contributed by atoms with Crippen LogP contribution in [0.2, 0.25) is 0 Å². The second-order valence-electron chi connectivity index (χ2n) is 5.70. The van der Waals surface area contributed by atoms with Crippen molar-refractivity contribution in [2.45, 2.75) is 25.8 Å². The number of piperidine rings is 1. The summed E-state index contributed by atoms with van der Waals surface area (Å²) in [5.74, 6) is 0.0409. The van der Waals surface area contributed by atoms with E-state index in [1.165, 1.54) is 6.92 Å². The number of carbonyl (C=O) groups excluding carboxylic acids is 2. The van der Waals surface area contributed by atoms with Crippen molar-refractivity contribution in [1.29, 1.82) is 0 Å². The number of benzene rings is 1. The van der Waals surface area contributed by atoms with Gasteiger partial charge in [0.15, 0.2) is 0 Å². The first-order chi connectivity index (χ1) is 10.5. The second kappa shape index (κ2) is 7.26. The Morgan fingerprint density at radius 3 is 2.64 bits per heavy atom. The quantitative estimate of drug-likeness (QED) is 0.687. The molecule has 1 aliphatic heterocycles. The molecular formula is C16H23N3O3. The highest BCUT2D eigenvalue weighted by Crippen LogP contribution is 2.19. The number of nitrogens with zero attached hydrogens (tertiary/aromatic N) is 2. The minimum atomic E-state index is -0.382. The van der Waals surface area contributed by atoms with Crippen molar-refractivity contribution in [2.75, 3.05) is 32.5 Å². The number of likely N-dealkylation sites (tertiary alicyclic amines) is 1. The van der Waals surface area contributed by atoms with E-state index in [2.05, 4.69) is 17.3 Å². The normalized spacial score (nSPS) is 16.1. The number of ether oxygens (including phenoxy) is 1. The Labute approximate surface area is 131 Å². The van der Waals surface area contributed by atoms with Gasteiger partial charge in [-0.25, -0.2) is 4.79 Å². The Morgan fingerprint density at radius 2 is 2.00 bits per heavy atom. The first-order valence-electron chi connectivity index (χ1n) is 7.46. The largest absolute Gasteiger partial charge is 0.427 e. The van der Waals surface area contributed by atoms with Crippen molar-refractivity contribution in [1.82, 2.24) is 9.80 Å². The van der Waals surface area contributed by atoms with E-state index in [0.29, 0.717) is 11.4 Å². The number of nitrogens with one attached hydrogen (secondary N) is 1. The second-order valence-corrected chi connectivity index (χ2v) is 5.70. The average molecular weight is 305 g/mol. The maximum Gasteiger partial charge on any atom is 0.321 e. The Morgan fingerprint density at radius 1 is 1.32 bits per heavy atom. The van der Waals surface area contributed by atoms with E-state index in [1.54, 1.807) is 29.2 Å². The molecule has 22 heavy (non-hydrogen) atoms. The fraction of sp³-hybridized carbons (Fsp3) is 0.500. The molecule has 2 rings (SSSR count). The third-order valence-electron chi connectivity index (χ3n) is 3.90. The highest BCUT2D eigenvalue weighted by atomic mass is 16.5. The molecule has 0 saturated carbocycles. The number of hydrogen-bond donors (Lipinski definition) is 1. The summed E-state index contributed by atoms with van der Waals surface area (Å²) in [5.41, 5.74) is 0.614. The van der Waals surface area contributed by atoms with Crippen LogP contribution in [0.15, 0.2) is 24.3 Å². The summed E-state index contributed by atoms with van der Waals surface area (Å²) in [5, 5.41) is 2.85. The lowest BCUT2D eigenvalue weighted by atomic mass is 10.0. The zero-order chi connectivity index (χ0) is 16.1. The van der Waals surface area contributed by atoms with Gasteiger partial charge in [-0.2, -0.15) is 0 Å². The predicted molar refractivity (Wildman–Crippen MR) is 85.1 cm³/mol. The lowest BCUT2D eigenvalue weighted by Crippen LogP contribution is -2.46. The van der Waals surface area contributed by atoms with Crippen LogP contribution < -0.4 is 10.1 Å². The molecule has 1 aromatic rings. The first kappa shape index (κ1) is 16.3. The predicted octanol–water partition coefficient (Wildman–Crippen LogP) is 2.17. The molecule has 6 nitrogen and oxygen atoms in total. The Hall–Kier alpha value is -2.08. The number of rotatable bonds is 3. The van der Waals surface area contributed by atoms with Crippen molar-refractivity contribution in [2.24, 2.45) is 0 Å². The van der Waals surface area contributed by atoms with Crippen LogP contribution in [-0.4, -0.2) is 55.0 Å². The maximum absolute atomic E-state index is 12.3. The van der Waals surface area contributed by atoms with Crippen molar-refractivity contribution >= 4 is 17.7 Å². The number of esters is 1. The molecule has 0 aliphatic carbocycles. The van der Waals surface area contributed by atoms with Crippen LogP contribution in [-0.2, 0) is 4.79 Å². The van der Waals surface area contributed by atoms with Gasteiger partial charge in [0.25, 0.3) is 0 Å². The summed E-state index contributed by atoms with van der Waals surface area (Å²) < 4.78 is 5.02. The molecule has 120 valence electrons. The van der Waals surface area contributed by atoms with Crippen molar-refractivity contribution in [3.05, 3.63) is 24.3 Å². The molecule has 0 aromatic heterocycles. The van der Waals surface area contributed by atoms with Gasteiger partial charge in [-0.1, -0.05) is 6.07 Å². The van der Waals surface area contributed by atoms with E-state index in [9.17, 15) is 9.59 Å². The van der Waals surface area contributed by atoms with Crippen LogP contribution in [0, 0.1) is 0 Å². The summed E-state index contributed by atoms with van der Waals surface area (Å²) in [6.07, 6.45) is 1.96. The zero-order valence-electron chi connectivity index (χ0n) is 13.3. The molecule has 0 radical (unpaired) electrons. The minimum Gasteiger partial charge on any atom is -0.427 e. The Balaban J connectivity index is 1.94. The van der Waals surface area contributed by atoms with Gasteiger partial charge < -0.3 is 19.9 Å². The highest BCUT2D eigenvalue weighted by molar-refractivity contribution is 5.89. The molecule has 0 unspecified atom stereocenters. The molecule has 0 atom stereocenters. The topological polar surface area (TPSA) is 61.9 Å². The van der Waals surface area contributed by atoms with Gasteiger partial charge in [-0.15, -0.1) is 0 Å². The molecule has 2 amide bonds. The molecule has 6 heteroatoms. The molecule has 0 bridgehead atoms. The average Bonchev–Trinajstić information content (AvgIpc) is 2.47. The zero-order valence-corrected chi connectivity index (χ0v) is 13.3. The Kier molecular flexibility index (Phi) is 5.38. The van der Waals surface area contributed by atoms with Crippen LogP contribution >= 0.6 is 0 Å². The number of hydrogen-bond acceptors (Lipinski definition) is 4. The van der Waals surface area contributed by atoms with Gasteiger partial charge in [0.05, 0.1) is 0 Å². The molecule has 1 heterocycles. The van der Waals surface area contributed by atoms with Crippen molar-refractivity contribution < 1.29 is 14.3 Å². The van der Waals surface area contributed by atoms with Crippen LogP contribution in [0.3, 0.4) is 0 Å². The standard InChI is InChI=1S/C16H23N3O3/c1-12(20)22-15-6-4-5-13(11-15)17-16(21)19(3)14-7-9-18(2)10-8-14/h4-6,11,14H,7-10H2,1-3H3,(H,17,21).